The summed E-state index contributed by atoms with van der Waals surface area (Å²) in [6.07, 6.45) is 3.25. The Kier molecular flexibility index (Phi) is 32.2. The first kappa shape index (κ1) is 17.2. The van der Waals surface area contributed by atoms with E-state index in [2.05, 4.69) is 4.42 Å². The minimum Gasteiger partial charge on any atom is -0.554 e. The van der Waals surface area contributed by atoms with E-state index in [9.17, 15) is 0 Å². The van der Waals surface area contributed by atoms with Crippen molar-refractivity contribution in [3.05, 3.63) is 24.7 Å². The molecule has 0 saturated carbocycles. The molecule has 5 nitrogen and oxygen atoms in total. The minimum absolute atomic E-state index is 0. The van der Waals surface area contributed by atoms with Crippen LogP contribution in [0, 0.1) is 0 Å². The van der Waals surface area contributed by atoms with Crippen LogP contribution in [-0.4, -0.2) is 36.0 Å². The molecule has 0 saturated heterocycles. The number of hydrogen-bond acceptors (Lipinski definition) is 5. The van der Waals surface area contributed by atoms with Gasteiger partial charge in [0.05, 0.1) is 12.5 Å². The Bertz CT molecular complexity index is 128. The van der Waals surface area contributed by atoms with E-state index >= 15 is 0 Å². The zero-order chi connectivity index (χ0) is 8.95. The molecule has 0 amide bonds. The third kappa shape index (κ3) is 36.1. The maximum Gasteiger partial charge on any atom is 2.00 e. The first-order valence-corrected chi connectivity index (χ1v) is 2.41. The minimum atomic E-state index is -0.500. The molecule has 0 aliphatic carbocycles. The van der Waals surface area contributed by atoms with Crippen LogP contribution in [0.15, 0.2) is 29.1 Å². The molecule has 1 rings (SSSR count). The smallest absolute Gasteiger partial charge is 0.554 e. The second-order valence-corrected chi connectivity index (χ2v) is 0.986. The zero-order valence-corrected chi connectivity index (χ0v) is 7.63. The molecule has 1 aromatic heterocycles. The average Bonchev–Trinajstić information content (AvgIpc) is 2.44. The quantitative estimate of drug-likeness (QED) is 0.330. The van der Waals surface area contributed by atoms with Gasteiger partial charge in [-0.05, 0) is 12.1 Å². The molecule has 0 radical (unpaired) electrons. The fraction of sp³-hybridized carbons (Fsp3) is 0. The van der Waals surface area contributed by atoms with E-state index in [1.54, 1.807) is 12.5 Å². The number of furan rings is 1. The first-order chi connectivity index (χ1) is 5.33. The van der Waals surface area contributed by atoms with Crippen molar-refractivity contribution in [2.24, 2.45) is 0 Å². The molecule has 62 valence electrons. The van der Waals surface area contributed by atoms with Gasteiger partial charge in [0.25, 0.3) is 0 Å². The number of carboxylic acid groups (broad SMARTS) is 2. The standard InChI is InChI=1S/C4H4O.2CH2O2.Mg/c1-2-4-5-3-1;2*2-1-3;/h1-4H;2*1H,(H,2,3);/q;;;+2/p-2. The molecular weight excluding hydrogens is 176 g/mol. The summed E-state index contributed by atoms with van der Waals surface area (Å²) in [5.41, 5.74) is 0. The van der Waals surface area contributed by atoms with Crippen molar-refractivity contribution in [3.63, 3.8) is 0 Å². The van der Waals surface area contributed by atoms with Crippen molar-refractivity contribution in [1.29, 1.82) is 0 Å². The average molecular weight is 182 g/mol. The molecule has 12 heavy (non-hydrogen) atoms. The Balaban J connectivity index is -0.000000104. The van der Waals surface area contributed by atoms with E-state index < -0.39 is 12.9 Å². The largest absolute Gasteiger partial charge is 2.00 e. The van der Waals surface area contributed by atoms with Crippen LogP contribution >= 0.6 is 0 Å². The zero-order valence-electron chi connectivity index (χ0n) is 6.21. The van der Waals surface area contributed by atoms with E-state index in [4.69, 9.17) is 19.8 Å². The van der Waals surface area contributed by atoms with Crippen LogP contribution in [0.3, 0.4) is 0 Å². The summed E-state index contributed by atoms with van der Waals surface area (Å²) in [4.78, 5) is 16.5. The van der Waals surface area contributed by atoms with Gasteiger partial charge in [-0.15, -0.1) is 0 Å². The topological polar surface area (TPSA) is 93.4 Å². The Labute approximate surface area is 85.1 Å². The Morgan fingerprint density at radius 2 is 1.25 bits per heavy atom. The van der Waals surface area contributed by atoms with E-state index in [-0.39, 0.29) is 23.1 Å². The molecule has 1 aromatic rings. The molecule has 0 fully saturated rings. The summed E-state index contributed by atoms with van der Waals surface area (Å²) in [7, 11) is 0. The molecule has 1 heterocycles. The van der Waals surface area contributed by atoms with Crippen molar-refractivity contribution >= 4 is 36.0 Å². The summed E-state index contributed by atoms with van der Waals surface area (Å²) < 4.78 is 4.58. The van der Waals surface area contributed by atoms with Gasteiger partial charge in [-0.25, -0.2) is 0 Å². The number of rotatable bonds is 0. The second-order valence-electron chi connectivity index (χ2n) is 0.986. The molecule has 0 aromatic carbocycles. The van der Waals surface area contributed by atoms with Crippen LogP contribution in [-0.2, 0) is 9.59 Å². The number of hydrogen-bond donors (Lipinski definition) is 0. The van der Waals surface area contributed by atoms with Crippen molar-refractivity contribution in [1.82, 2.24) is 0 Å². The summed E-state index contributed by atoms with van der Waals surface area (Å²) in [5.74, 6) is 0. The van der Waals surface area contributed by atoms with Gasteiger partial charge in [-0.3, -0.25) is 0 Å². The maximum absolute atomic E-state index is 8.25. The van der Waals surface area contributed by atoms with E-state index in [1.165, 1.54) is 0 Å². The Morgan fingerprint density at radius 3 is 1.33 bits per heavy atom. The molecule has 0 aliphatic rings. The monoisotopic (exact) mass is 182 g/mol. The third-order valence-electron chi connectivity index (χ3n) is 0.425. The first-order valence-electron chi connectivity index (χ1n) is 2.41. The van der Waals surface area contributed by atoms with Gasteiger partial charge in [-0.1, -0.05) is 0 Å². The SMILES string of the molecule is O=C[O-].O=C[O-].[Mg+2].c1ccoc1. The normalized spacial score (nSPS) is 5.33. The predicted molar refractivity (Wildman–Crippen MR) is 36.6 cm³/mol. The Hall–Kier alpha value is -1.01. The summed E-state index contributed by atoms with van der Waals surface area (Å²) >= 11 is 0. The fourth-order valence-corrected chi connectivity index (χ4v) is 0.227. The van der Waals surface area contributed by atoms with Crippen LogP contribution in [0.4, 0.5) is 0 Å². The van der Waals surface area contributed by atoms with Gasteiger partial charge in [0.15, 0.2) is 0 Å². The van der Waals surface area contributed by atoms with Crippen molar-refractivity contribution in [2.75, 3.05) is 0 Å². The second kappa shape index (κ2) is 22.5. The van der Waals surface area contributed by atoms with Crippen LogP contribution in [0.1, 0.15) is 0 Å². The molecule has 0 unspecified atom stereocenters. The predicted octanol–water partition coefficient (Wildman–Crippen LogP) is -2.37. The number of carbonyl (C=O) groups excluding carboxylic acids is 2. The van der Waals surface area contributed by atoms with Gasteiger partial charge >= 0.3 is 23.1 Å². The van der Waals surface area contributed by atoms with Crippen LogP contribution < -0.4 is 10.2 Å². The number of carbonyl (C=O) groups is 2. The third-order valence-corrected chi connectivity index (χ3v) is 0.425. The Morgan fingerprint density at radius 1 is 1.00 bits per heavy atom. The van der Waals surface area contributed by atoms with E-state index in [0.717, 1.165) is 0 Å². The summed E-state index contributed by atoms with van der Waals surface area (Å²) in [6, 6.07) is 3.67. The molecule has 6 heteroatoms. The van der Waals surface area contributed by atoms with Crippen molar-refractivity contribution in [3.8, 4) is 0 Å². The summed E-state index contributed by atoms with van der Waals surface area (Å²) in [5, 5.41) is 16.5. The van der Waals surface area contributed by atoms with Crippen molar-refractivity contribution < 1.29 is 24.2 Å². The van der Waals surface area contributed by atoms with Crippen molar-refractivity contribution in [2.45, 2.75) is 0 Å². The van der Waals surface area contributed by atoms with Gasteiger partial charge in [0, 0.05) is 12.9 Å². The van der Waals surface area contributed by atoms with Crippen LogP contribution in [0.2, 0.25) is 0 Å². The van der Waals surface area contributed by atoms with Crippen LogP contribution in [0.5, 0.6) is 0 Å². The molecule has 0 N–H and O–H groups in total. The van der Waals surface area contributed by atoms with E-state index in [1.807, 2.05) is 12.1 Å². The van der Waals surface area contributed by atoms with Gasteiger partial charge in [-0.2, -0.15) is 0 Å². The molecular formula is C6H6MgO5. The van der Waals surface area contributed by atoms with Crippen LogP contribution in [0.25, 0.3) is 0 Å². The molecule has 0 bridgehead atoms. The molecule has 0 atom stereocenters. The van der Waals surface area contributed by atoms with Gasteiger partial charge in [0.1, 0.15) is 0 Å². The molecule has 0 spiro atoms. The molecule has 0 aliphatic heterocycles. The van der Waals surface area contributed by atoms with Gasteiger partial charge < -0.3 is 24.2 Å². The van der Waals surface area contributed by atoms with Gasteiger partial charge in [0.2, 0.25) is 0 Å². The van der Waals surface area contributed by atoms with E-state index in [0.29, 0.717) is 0 Å². The summed E-state index contributed by atoms with van der Waals surface area (Å²) in [6.45, 7) is -1.00. The fourth-order valence-electron chi connectivity index (χ4n) is 0.227. The maximum atomic E-state index is 8.25.